The lowest BCUT2D eigenvalue weighted by Gasteiger charge is -2.17. The molecule has 2 aromatic carbocycles. The summed E-state index contributed by atoms with van der Waals surface area (Å²) in [5.74, 6) is 0.173. The quantitative estimate of drug-likeness (QED) is 0.361. The van der Waals surface area contributed by atoms with Gasteiger partial charge in [-0.3, -0.25) is 4.79 Å². The number of aromatic nitrogens is 2. The average Bonchev–Trinajstić information content (AvgIpc) is 3.39. The Morgan fingerprint density at radius 1 is 1.33 bits per heavy atom. The van der Waals surface area contributed by atoms with E-state index in [1.807, 2.05) is 14.0 Å². The van der Waals surface area contributed by atoms with Crippen molar-refractivity contribution in [3.05, 3.63) is 59.7 Å². The van der Waals surface area contributed by atoms with E-state index in [4.69, 9.17) is 21.1 Å². The molecule has 4 rings (SSSR count). The summed E-state index contributed by atoms with van der Waals surface area (Å²) in [4.78, 5) is 23.5. The number of carbonyl (C=O) groups excluding carboxylic acids is 1. The van der Waals surface area contributed by atoms with Crippen molar-refractivity contribution in [2.45, 2.75) is 25.9 Å². The number of ether oxygens (including phenoxy) is 2. The van der Waals surface area contributed by atoms with Crippen LogP contribution in [0.1, 0.15) is 19.8 Å². The third-order valence-electron chi connectivity index (χ3n) is 5.85. The van der Waals surface area contributed by atoms with Gasteiger partial charge in [-0.15, -0.1) is 0 Å². The van der Waals surface area contributed by atoms with Crippen LogP contribution in [0.2, 0.25) is 5.02 Å². The average molecular weight is 514 g/mol. The van der Waals surface area contributed by atoms with Crippen LogP contribution in [-0.4, -0.2) is 60.2 Å². The highest BCUT2D eigenvalue weighted by Crippen LogP contribution is 2.34. The Kier molecular flexibility index (Phi) is 8.69. The molecule has 1 atom stereocenters. The smallest absolute Gasteiger partial charge is 0.248 e. The molecule has 1 fully saturated rings. The maximum Gasteiger partial charge on any atom is 0.248 e. The number of anilines is 3. The monoisotopic (exact) mass is 513 g/mol. The van der Waals surface area contributed by atoms with E-state index < -0.39 is 5.82 Å². The summed E-state index contributed by atoms with van der Waals surface area (Å²) in [5.41, 5.74) is 1.66. The van der Waals surface area contributed by atoms with Crippen molar-refractivity contribution < 1.29 is 18.7 Å². The summed E-state index contributed by atoms with van der Waals surface area (Å²) in [6.45, 7) is 4.69. The molecule has 0 unspecified atom stereocenters. The second-order valence-electron chi connectivity index (χ2n) is 8.53. The summed E-state index contributed by atoms with van der Waals surface area (Å²) >= 11 is 5.93. The van der Waals surface area contributed by atoms with Crippen LogP contribution in [0.3, 0.4) is 0 Å². The lowest BCUT2D eigenvalue weighted by molar-refractivity contribution is -0.111. The van der Waals surface area contributed by atoms with Gasteiger partial charge in [-0.1, -0.05) is 24.6 Å². The minimum atomic E-state index is -0.508. The molecule has 2 N–H and O–H groups in total. The Morgan fingerprint density at radius 2 is 2.19 bits per heavy atom. The molecule has 2 heterocycles. The predicted molar refractivity (Wildman–Crippen MR) is 140 cm³/mol. The van der Waals surface area contributed by atoms with E-state index in [1.54, 1.807) is 24.3 Å². The molecule has 1 aliphatic rings. The number of nitrogens with one attached hydrogen (secondary N) is 2. The number of carbonyl (C=O) groups is 1. The maximum atomic E-state index is 13.6. The molecule has 36 heavy (non-hydrogen) atoms. The number of rotatable bonds is 10. The van der Waals surface area contributed by atoms with Gasteiger partial charge in [-0.05, 0) is 50.7 Å². The fraction of sp³-hybridized carbons (Fsp3) is 0.346. The number of hydrogen-bond donors (Lipinski definition) is 2. The molecule has 190 valence electrons. The van der Waals surface area contributed by atoms with Crippen molar-refractivity contribution in [1.82, 2.24) is 14.9 Å². The van der Waals surface area contributed by atoms with Crippen molar-refractivity contribution in [2.75, 3.05) is 44.0 Å². The van der Waals surface area contributed by atoms with Crippen LogP contribution in [0.5, 0.6) is 5.75 Å². The Hall–Kier alpha value is -3.27. The zero-order valence-electron chi connectivity index (χ0n) is 20.3. The van der Waals surface area contributed by atoms with Gasteiger partial charge in [-0.2, -0.15) is 0 Å². The SMILES string of the molecule is CCN(C)CC=CC(=O)Nc1cc2c(Nc3ccc(F)c(Cl)c3)ncnc2cc1OC[C@@H]1CCCO1. The number of nitrogens with zero attached hydrogens (tertiary/aromatic N) is 3. The molecule has 1 amide bonds. The number of fused-ring (bicyclic) bond motifs is 1. The van der Waals surface area contributed by atoms with Crippen molar-refractivity contribution >= 4 is 45.6 Å². The van der Waals surface area contributed by atoms with E-state index in [1.165, 1.54) is 24.5 Å². The Balaban J connectivity index is 1.63. The zero-order valence-corrected chi connectivity index (χ0v) is 21.0. The Morgan fingerprint density at radius 3 is 2.94 bits per heavy atom. The van der Waals surface area contributed by atoms with E-state index in [-0.39, 0.29) is 17.0 Å². The maximum absolute atomic E-state index is 13.6. The first-order valence-corrected chi connectivity index (χ1v) is 12.2. The summed E-state index contributed by atoms with van der Waals surface area (Å²) in [5, 5.41) is 6.71. The summed E-state index contributed by atoms with van der Waals surface area (Å²) < 4.78 is 25.3. The molecule has 0 aliphatic carbocycles. The van der Waals surface area contributed by atoms with Crippen molar-refractivity contribution in [1.29, 1.82) is 0 Å². The summed E-state index contributed by atoms with van der Waals surface area (Å²) in [6, 6.07) is 7.84. The van der Waals surface area contributed by atoms with Crippen LogP contribution in [-0.2, 0) is 9.53 Å². The highest BCUT2D eigenvalue weighted by atomic mass is 35.5. The van der Waals surface area contributed by atoms with Gasteiger partial charge in [0.1, 0.15) is 30.3 Å². The molecule has 1 aromatic heterocycles. The fourth-order valence-corrected chi connectivity index (χ4v) is 3.89. The van der Waals surface area contributed by atoms with E-state index in [2.05, 4.69) is 25.5 Å². The van der Waals surface area contributed by atoms with Crippen LogP contribution in [0, 0.1) is 5.82 Å². The van der Waals surface area contributed by atoms with Crippen molar-refractivity contribution in [2.24, 2.45) is 0 Å². The van der Waals surface area contributed by atoms with Gasteiger partial charge in [0.2, 0.25) is 5.91 Å². The van der Waals surface area contributed by atoms with Gasteiger partial charge in [0, 0.05) is 36.4 Å². The van der Waals surface area contributed by atoms with E-state index in [9.17, 15) is 9.18 Å². The second kappa shape index (κ2) is 12.1. The minimum Gasteiger partial charge on any atom is -0.489 e. The van der Waals surface area contributed by atoms with E-state index in [0.29, 0.717) is 47.0 Å². The van der Waals surface area contributed by atoms with Crippen molar-refractivity contribution in [3.8, 4) is 5.75 Å². The third-order valence-corrected chi connectivity index (χ3v) is 6.14. The summed E-state index contributed by atoms with van der Waals surface area (Å²) in [7, 11) is 1.98. The fourth-order valence-electron chi connectivity index (χ4n) is 3.71. The standard InChI is InChI=1S/C26H29ClFN5O3/c1-3-33(2)10-4-7-25(34)32-23-13-19-22(14-24(23)36-15-18-6-5-11-35-18)29-16-30-26(19)31-17-8-9-21(28)20(27)12-17/h4,7-9,12-14,16,18H,3,5-6,10-11,15H2,1-2H3,(H,32,34)(H,29,30,31)/t18-/m0/s1. The highest BCUT2D eigenvalue weighted by Gasteiger charge is 2.19. The normalized spacial score (nSPS) is 15.6. The molecular weight excluding hydrogens is 485 g/mol. The minimum absolute atomic E-state index is 0.00311. The Bertz CT molecular complexity index is 1250. The van der Waals surface area contributed by atoms with Gasteiger partial charge in [0.05, 0.1) is 22.3 Å². The first-order valence-electron chi connectivity index (χ1n) is 11.8. The Labute approximate surface area is 214 Å². The molecule has 1 saturated heterocycles. The van der Waals surface area contributed by atoms with Crippen LogP contribution in [0.15, 0.2) is 48.8 Å². The molecule has 0 spiro atoms. The number of hydrogen-bond acceptors (Lipinski definition) is 7. The topological polar surface area (TPSA) is 88.6 Å². The largest absolute Gasteiger partial charge is 0.489 e. The van der Waals surface area contributed by atoms with Crippen LogP contribution in [0.4, 0.5) is 21.6 Å². The molecule has 8 nitrogen and oxygen atoms in total. The molecule has 0 bridgehead atoms. The van der Waals surface area contributed by atoms with Gasteiger partial charge >= 0.3 is 0 Å². The van der Waals surface area contributed by atoms with Crippen LogP contribution in [0.25, 0.3) is 10.9 Å². The number of halogens is 2. The summed E-state index contributed by atoms with van der Waals surface area (Å²) in [6.07, 6.45) is 6.68. The third kappa shape index (κ3) is 6.69. The molecule has 0 radical (unpaired) electrons. The molecule has 3 aromatic rings. The van der Waals surface area contributed by atoms with Gasteiger partial charge in [0.25, 0.3) is 0 Å². The van der Waals surface area contributed by atoms with Gasteiger partial charge in [0.15, 0.2) is 0 Å². The van der Waals surface area contributed by atoms with E-state index >= 15 is 0 Å². The number of amides is 1. The number of likely N-dealkylation sites (N-methyl/N-ethyl adjacent to an activating group) is 1. The molecular formula is C26H29ClFN5O3. The predicted octanol–water partition coefficient (Wildman–Crippen LogP) is 5.17. The number of benzene rings is 2. The van der Waals surface area contributed by atoms with Crippen LogP contribution >= 0.6 is 11.6 Å². The zero-order chi connectivity index (χ0) is 25.5. The lowest BCUT2D eigenvalue weighted by Crippen LogP contribution is -2.18. The first kappa shape index (κ1) is 25.8. The van der Waals surface area contributed by atoms with Crippen molar-refractivity contribution in [3.63, 3.8) is 0 Å². The molecule has 0 saturated carbocycles. The lowest BCUT2D eigenvalue weighted by atomic mass is 10.1. The molecule has 1 aliphatic heterocycles. The molecule has 10 heteroatoms. The van der Waals surface area contributed by atoms with Crippen LogP contribution < -0.4 is 15.4 Å². The van der Waals surface area contributed by atoms with E-state index in [0.717, 1.165) is 26.0 Å². The van der Waals surface area contributed by atoms with Gasteiger partial charge in [-0.25, -0.2) is 14.4 Å². The van der Waals surface area contributed by atoms with Gasteiger partial charge < -0.3 is 25.0 Å². The first-order chi connectivity index (χ1) is 17.4. The second-order valence-corrected chi connectivity index (χ2v) is 8.94. The highest BCUT2D eigenvalue weighted by molar-refractivity contribution is 6.31.